The van der Waals surface area contributed by atoms with Crippen LogP contribution in [0.3, 0.4) is 0 Å². The van der Waals surface area contributed by atoms with E-state index in [1.54, 1.807) is 12.1 Å². The summed E-state index contributed by atoms with van der Waals surface area (Å²) in [5, 5.41) is 8.73. The number of hydrogen-bond acceptors (Lipinski definition) is 4. The molecule has 1 aromatic heterocycles. The summed E-state index contributed by atoms with van der Waals surface area (Å²) >= 11 is 0.451. The van der Waals surface area contributed by atoms with Gasteiger partial charge >= 0.3 is 12.1 Å². The standard InChI is InChI=1S/C11H7F3N2O2S.ClH/c12-11(13,14)8-7(10(17)18)19-9(16-8)5-3-1-2-4-6(5)15;/h1-4H,15H2,(H,17,18);1H. The zero-order chi connectivity index (χ0) is 14.2. The molecule has 2 rings (SSSR count). The number of nitrogens with two attached hydrogens (primary N) is 1. The summed E-state index contributed by atoms with van der Waals surface area (Å²) in [6.45, 7) is 0. The largest absolute Gasteiger partial charge is 0.477 e. The van der Waals surface area contributed by atoms with E-state index in [1.165, 1.54) is 12.1 Å². The van der Waals surface area contributed by atoms with E-state index in [4.69, 9.17) is 10.8 Å². The van der Waals surface area contributed by atoms with Gasteiger partial charge in [-0.15, -0.1) is 23.7 Å². The molecule has 3 N–H and O–H groups in total. The van der Waals surface area contributed by atoms with Crippen LogP contribution in [-0.4, -0.2) is 16.1 Å². The number of halogens is 4. The molecule has 0 amide bonds. The normalized spacial score (nSPS) is 10.9. The lowest BCUT2D eigenvalue weighted by Gasteiger charge is -2.03. The Morgan fingerprint density at radius 1 is 1.30 bits per heavy atom. The topological polar surface area (TPSA) is 76.2 Å². The molecule has 0 atom stereocenters. The third-order valence-electron chi connectivity index (χ3n) is 2.28. The van der Waals surface area contributed by atoms with Crippen molar-refractivity contribution >= 4 is 35.4 Å². The number of nitrogens with zero attached hydrogens (tertiary/aromatic N) is 1. The molecule has 20 heavy (non-hydrogen) atoms. The van der Waals surface area contributed by atoms with Crippen molar-refractivity contribution in [3.63, 3.8) is 0 Å². The second-order valence-corrected chi connectivity index (χ2v) is 4.59. The molecule has 1 aromatic carbocycles. The highest BCUT2D eigenvalue weighted by molar-refractivity contribution is 7.17. The molecule has 9 heteroatoms. The maximum Gasteiger partial charge on any atom is 0.435 e. The Bertz CT molecular complexity index is 643. The Morgan fingerprint density at radius 2 is 1.90 bits per heavy atom. The number of carbonyl (C=O) groups is 1. The first-order chi connectivity index (χ1) is 8.80. The van der Waals surface area contributed by atoms with Crippen molar-refractivity contribution in [3.8, 4) is 10.6 Å². The number of anilines is 1. The van der Waals surface area contributed by atoms with Gasteiger partial charge in [-0.05, 0) is 12.1 Å². The summed E-state index contributed by atoms with van der Waals surface area (Å²) in [6, 6.07) is 6.19. The van der Waals surface area contributed by atoms with Crippen LogP contribution < -0.4 is 5.73 Å². The van der Waals surface area contributed by atoms with Crippen molar-refractivity contribution in [1.82, 2.24) is 4.98 Å². The van der Waals surface area contributed by atoms with Gasteiger partial charge in [0, 0.05) is 11.3 Å². The molecule has 1 heterocycles. The number of aromatic nitrogens is 1. The molecular weight excluding hydrogens is 317 g/mol. The third kappa shape index (κ3) is 3.02. The van der Waals surface area contributed by atoms with Crippen LogP contribution in [0.15, 0.2) is 24.3 Å². The molecule has 0 aliphatic carbocycles. The monoisotopic (exact) mass is 324 g/mol. The fourth-order valence-corrected chi connectivity index (χ4v) is 2.44. The summed E-state index contributed by atoms with van der Waals surface area (Å²) in [5.74, 6) is -1.66. The maximum absolute atomic E-state index is 12.7. The van der Waals surface area contributed by atoms with E-state index in [-0.39, 0.29) is 28.7 Å². The first-order valence-corrected chi connectivity index (χ1v) is 5.78. The lowest BCUT2D eigenvalue weighted by atomic mass is 10.2. The molecule has 0 fully saturated rings. The molecule has 0 spiro atoms. The van der Waals surface area contributed by atoms with Gasteiger partial charge in [0.15, 0.2) is 5.69 Å². The molecule has 0 unspecified atom stereocenters. The van der Waals surface area contributed by atoms with E-state index in [9.17, 15) is 18.0 Å². The van der Waals surface area contributed by atoms with Gasteiger partial charge in [0.1, 0.15) is 9.88 Å². The predicted octanol–water partition coefficient (Wildman–Crippen LogP) is 3.53. The summed E-state index contributed by atoms with van der Waals surface area (Å²) in [5.41, 5.74) is 4.76. The van der Waals surface area contributed by atoms with Crippen LogP contribution in [-0.2, 0) is 6.18 Å². The number of para-hydroxylation sites is 1. The zero-order valence-electron chi connectivity index (χ0n) is 9.64. The highest BCUT2D eigenvalue weighted by Crippen LogP contribution is 2.38. The third-order valence-corrected chi connectivity index (χ3v) is 3.36. The Labute approximate surface area is 121 Å². The Balaban J connectivity index is 0.00000200. The first kappa shape index (κ1) is 16.3. The van der Waals surface area contributed by atoms with E-state index in [1.807, 2.05) is 0 Å². The lowest BCUT2D eigenvalue weighted by Crippen LogP contribution is -2.11. The van der Waals surface area contributed by atoms with Crippen molar-refractivity contribution in [2.45, 2.75) is 6.18 Å². The Kier molecular flexibility index (Phi) is 4.61. The number of nitrogen functional groups attached to an aromatic ring is 1. The predicted molar refractivity (Wildman–Crippen MR) is 71.2 cm³/mol. The second kappa shape index (κ2) is 5.68. The van der Waals surface area contributed by atoms with Crippen LogP contribution >= 0.6 is 23.7 Å². The zero-order valence-corrected chi connectivity index (χ0v) is 11.3. The number of benzene rings is 1. The van der Waals surface area contributed by atoms with Crippen molar-refractivity contribution < 1.29 is 23.1 Å². The number of aromatic carboxylic acids is 1. The van der Waals surface area contributed by atoms with Gasteiger partial charge in [0.2, 0.25) is 0 Å². The van der Waals surface area contributed by atoms with E-state index >= 15 is 0 Å². The Hall–Kier alpha value is -1.80. The van der Waals surface area contributed by atoms with E-state index < -0.39 is 22.7 Å². The van der Waals surface area contributed by atoms with Gasteiger partial charge in [-0.1, -0.05) is 12.1 Å². The number of alkyl halides is 3. The average molecular weight is 325 g/mol. The molecule has 0 saturated heterocycles. The number of carboxylic acid groups (broad SMARTS) is 1. The fourth-order valence-electron chi connectivity index (χ4n) is 1.46. The highest BCUT2D eigenvalue weighted by Gasteiger charge is 2.39. The van der Waals surface area contributed by atoms with Crippen molar-refractivity contribution in [2.24, 2.45) is 0 Å². The SMILES string of the molecule is Cl.Nc1ccccc1-c1nc(C(F)(F)F)c(C(=O)O)s1. The van der Waals surface area contributed by atoms with Gasteiger partial charge in [-0.25, -0.2) is 9.78 Å². The molecule has 0 aliphatic heterocycles. The van der Waals surface area contributed by atoms with Crippen molar-refractivity contribution in [1.29, 1.82) is 0 Å². The van der Waals surface area contributed by atoms with E-state index in [2.05, 4.69) is 4.98 Å². The van der Waals surface area contributed by atoms with E-state index in [0.29, 0.717) is 11.3 Å². The van der Waals surface area contributed by atoms with Gasteiger partial charge in [-0.2, -0.15) is 13.2 Å². The molecule has 108 valence electrons. The first-order valence-electron chi connectivity index (χ1n) is 4.97. The molecule has 0 radical (unpaired) electrons. The van der Waals surface area contributed by atoms with Gasteiger partial charge in [-0.3, -0.25) is 0 Å². The molecule has 0 aliphatic rings. The summed E-state index contributed by atoms with van der Waals surface area (Å²) in [6.07, 6.45) is -4.81. The molecule has 0 saturated carbocycles. The van der Waals surface area contributed by atoms with Gasteiger partial charge in [0.05, 0.1) is 0 Å². The van der Waals surface area contributed by atoms with Crippen LogP contribution in [0.25, 0.3) is 10.6 Å². The second-order valence-electron chi connectivity index (χ2n) is 3.59. The van der Waals surface area contributed by atoms with E-state index in [0.717, 1.165) is 0 Å². The van der Waals surface area contributed by atoms with Crippen LogP contribution in [0.5, 0.6) is 0 Å². The molecule has 4 nitrogen and oxygen atoms in total. The Morgan fingerprint density at radius 3 is 2.35 bits per heavy atom. The minimum atomic E-state index is -4.81. The van der Waals surface area contributed by atoms with Gasteiger partial charge in [0.25, 0.3) is 0 Å². The smallest absolute Gasteiger partial charge is 0.435 e. The summed E-state index contributed by atoms with van der Waals surface area (Å²) in [4.78, 5) is 13.4. The van der Waals surface area contributed by atoms with Crippen LogP contribution in [0, 0.1) is 0 Å². The summed E-state index contributed by atoms with van der Waals surface area (Å²) in [7, 11) is 0. The number of carboxylic acids is 1. The van der Waals surface area contributed by atoms with Crippen molar-refractivity contribution in [2.75, 3.05) is 5.73 Å². The van der Waals surface area contributed by atoms with Crippen LogP contribution in [0.1, 0.15) is 15.4 Å². The number of hydrogen-bond donors (Lipinski definition) is 2. The van der Waals surface area contributed by atoms with Crippen molar-refractivity contribution in [3.05, 3.63) is 34.8 Å². The number of thiazole rings is 1. The average Bonchev–Trinajstić information content (AvgIpc) is 2.74. The maximum atomic E-state index is 12.7. The quantitative estimate of drug-likeness (QED) is 0.829. The highest BCUT2D eigenvalue weighted by atomic mass is 35.5. The molecule has 2 aromatic rings. The van der Waals surface area contributed by atoms with Gasteiger partial charge < -0.3 is 10.8 Å². The van der Waals surface area contributed by atoms with Crippen LogP contribution in [0.2, 0.25) is 0 Å². The fraction of sp³-hybridized carbons (Fsp3) is 0.0909. The lowest BCUT2D eigenvalue weighted by molar-refractivity contribution is -0.141. The minimum Gasteiger partial charge on any atom is -0.477 e. The molecule has 0 bridgehead atoms. The summed E-state index contributed by atoms with van der Waals surface area (Å²) < 4.78 is 38.1. The van der Waals surface area contributed by atoms with Crippen LogP contribution in [0.4, 0.5) is 18.9 Å². The molecular formula is C11H8ClF3N2O2S. The minimum absolute atomic E-state index is 0. The number of rotatable bonds is 2.